The van der Waals surface area contributed by atoms with Crippen LogP contribution in [0, 0.1) is 11.6 Å². The summed E-state index contributed by atoms with van der Waals surface area (Å²) in [4.78, 5) is 2.05. The highest BCUT2D eigenvalue weighted by Gasteiger charge is 2.18. The summed E-state index contributed by atoms with van der Waals surface area (Å²) in [5.74, 6) is -0.783. The van der Waals surface area contributed by atoms with Crippen LogP contribution in [0.25, 0.3) is 0 Å². The molecule has 0 spiro atoms. The van der Waals surface area contributed by atoms with Crippen molar-refractivity contribution in [3.8, 4) is 0 Å². The van der Waals surface area contributed by atoms with Crippen LogP contribution in [0.2, 0.25) is 0 Å². The molecule has 21 heavy (non-hydrogen) atoms. The Morgan fingerprint density at radius 2 is 1.95 bits per heavy atom. The van der Waals surface area contributed by atoms with E-state index < -0.39 is 11.6 Å². The van der Waals surface area contributed by atoms with Gasteiger partial charge in [0, 0.05) is 12.6 Å². The lowest BCUT2D eigenvalue weighted by atomic mass is 10.1. The molecule has 1 heterocycles. The molecule has 3 nitrogen and oxygen atoms in total. The second-order valence-electron chi connectivity index (χ2n) is 5.30. The standard InChI is InChI=1S/C16H20F2N2O/c1-11(12-6-7-13(17)14(18)9-12)19-10-15(20(2)3)16-5-4-8-21-16/h4-9,11,15,19H,10H2,1-3H3. The molecule has 0 amide bonds. The first-order valence-corrected chi connectivity index (χ1v) is 6.87. The SMILES string of the molecule is CC(NCC(c1ccco1)N(C)C)c1ccc(F)c(F)c1. The van der Waals surface area contributed by atoms with Gasteiger partial charge < -0.3 is 9.73 Å². The summed E-state index contributed by atoms with van der Waals surface area (Å²) in [5, 5.41) is 3.32. The number of nitrogens with one attached hydrogen (secondary N) is 1. The largest absolute Gasteiger partial charge is 0.468 e. The molecule has 1 N–H and O–H groups in total. The van der Waals surface area contributed by atoms with Crippen LogP contribution in [-0.2, 0) is 0 Å². The number of furan rings is 1. The van der Waals surface area contributed by atoms with Gasteiger partial charge in [0.25, 0.3) is 0 Å². The zero-order valence-corrected chi connectivity index (χ0v) is 12.4. The van der Waals surface area contributed by atoms with E-state index in [1.165, 1.54) is 6.07 Å². The van der Waals surface area contributed by atoms with Crippen molar-refractivity contribution in [3.05, 3.63) is 59.6 Å². The van der Waals surface area contributed by atoms with E-state index >= 15 is 0 Å². The van der Waals surface area contributed by atoms with E-state index in [9.17, 15) is 8.78 Å². The average molecular weight is 294 g/mol. The van der Waals surface area contributed by atoms with Gasteiger partial charge in [-0.25, -0.2) is 8.78 Å². The number of nitrogens with zero attached hydrogens (tertiary/aromatic N) is 1. The van der Waals surface area contributed by atoms with Gasteiger partial charge in [-0.05, 0) is 50.8 Å². The van der Waals surface area contributed by atoms with E-state index in [2.05, 4.69) is 5.32 Å². The predicted octanol–water partition coefficient (Wildman–Crippen LogP) is 3.51. The van der Waals surface area contributed by atoms with Crippen molar-refractivity contribution in [2.75, 3.05) is 20.6 Å². The molecule has 0 radical (unpaired) electrons. The van der Waals surface area contributed by atoms with Crippen molar-refractivity contribution in [2.24, 2.45) is 0 Å². The molecule has 2 unspecified atom stereocenters. The topological polar surface area (TPSA) is 28.4 Å². The summed E-state index contributed by atoms with van der Waals surface area (Å²) in [6.45, 7) is 2.56. The second kappa shape index (κ2) is 6.83. The fourth-order valence-electron chi connectivity index (χ4n) is 2.21. The first-order chi connectivity index (χ1) is 9.99. The Morgan fingerprint density at radius 3 is 2.52 bits per heavy atom. The Bertz CT molecular complexity index is 570. The molecule has 5 heteroatoms. The van der Waals surface area contributed by atoms with Gasteiger partial charge in [0.1, 0.15) is 5.76 Å². The van der Waals surface area contributed by atoms with Gasteiger partial charge in [-0.1, -0.05) is 6.07 Å². The highest BCUT2D eigenvalue weighted by Crippen LogP contribution is 2.20. The minimum Gasteiger partial charge on any atom is -0.468 e. The smallest absolute Gasteiger partial charge is 0.159 e. The Hall–Kier alpha value is -1.72. The Morgan fingerprint density at radius 1 is 1.19 bits per heavy atom. The lowest BCUT2D eigenvalue weighted by Crippen LogP contribution is -2.32. The monoisotopic (exact) mass is 294 g/mol. The third-order valence-electron chi connectivity index (χ3n) is 3.56. The van der Waals surface area contributed by atoms with Gasteiger partial charge >= 0.3 is 0 Å². The zero-order chi connectivity index (χ0) is 15.4. The van der Waals surface area contributed by atoms with Crippen LogP contribution in [-0.4, -0.2) is 25.5 Å². The van der Waals surface area contributed by atoms with E-state index in [4.69, 9.17) is 4.42 Å². The highest BCUT2D eigenvalue weighted by atomic mass is 19.2. The van der Waals surface area contributed by atoms with Crippen molar-refractivity contribution in [1.82, 2.24) is 10.2 Å². The summed E-state index contributed by atoms with van der Waals surface area (Å²) in [6.07, 6.45) is 1.64. The average Bonchev–Trinajstić information content (AvgIpc) is 2.95. The molecule has 114 valence electrons. The maximum atomic E-state index is 13.3. The molecule has 0 bridgehead atoms. The van der Waals surface area contributed by atoms with Crippen molar-refractivity contribution in [3.63, 3.8) is 0 Å². The number of likely N-dealkylation sites (N-methyl/N-ethyl adjacent to an activating group) is 1. The third kappa shape index (κ3) is 3.89. The van der Waals surface area contributed by atoms with Gasteiger partial charge in [-0.15, -0.1) is 0 Å². The van der Waals surface area contributed by atoms with Gasteiger partial charge in [0.15, 0.2) is 11.6 Å². The van der Waals surface area contributed by atoms with Crippen LogP contribution >= 0.6 is 0 Å². The Kier molecular flexibility index (Phi) is 5.09. The number of halogens is 2. The van der Waals surface area contributed by atoms with Crippen molar-refractivity contribution in [2.45, 2.75) is 19.0 Å². The lowest BCUT2D eigenvalue weighted by Gasteiger charge is -2.25. The molecule has 0 saturated carbocycles. The Balaban J connectivity index is 2.01. The summed E-state index contributed by atoms with van der Waals surface area (Å²) in [7, 11) is 3.94. The van der Waals surface area contributed by atoms with Crippen LogP contribution in [0.15, 0.2) is 41.0 Å². The van der Waals surface area contributed by atoms with Crippen LogP contribution in [0.3, 0.4) is 0 Å². The molecular formula is C16H20F2N2O. The summed E-state index contributed by atoms with van der Waals surface area (Å²) in [6, 6.07) is 7.74. The quantitative estimate of drug-likeness (QED) is 0.883. The lowest BCUT2D eigenvalue weighted by molar-refractivity contribution is 0.245. The van der Waals surface area contributed by atoms with Crippen molar-refractivity contribution in [1.29, 1.82) is 0 Å². The maximum absolute atomic E-state index is 13.3. The van der Waals surface area contributed by atoms with Gasteiger partial charge in [0.05, 0.1) is 12.3 Å². The fourth-order valence-corrected chi connectivity index (χ4v) is 2.21. The van der Waals surface area contributed by atoms with E-state index in [1.54, 1.807) is 12.3 Å². The molecule has 0 fully saturated rings. The fraction of sp³-hybridized carbons (Fsp3) is 0.375. The van der Waals surface area contributed by atoms with Gasteiger partial charge in [-0.3, -0.25) is 4.90 Å². The molecule has 1 aromatic heterocycles. The molecule has 0 aliphatic heterocycles. The van der Waals surface area contributed by atoms with Gasteiger partial charge in [-0.2, -0.15) is 0 Å². The van der Waals surface area contributed by atoms with Crippen LogP contribution in [0.5, 0.6) is 0 Å². The summed E-state index contributed by atoms with van der Waals surface area (Å²) >= 11 is 0. The number of benzene rings is 1. The molecule has 0 saturated heterocycles. The van der Waals surface area contributed by atoms with Crippen molar-refractivity contribution >= 4 is 0 Å². The van der Waals surface area contributed by atoms with Gasteiger partial charge in [0.2, 0.25) is 0 Å². The third-order valence-corrected chi connectivity index (χ3v) is 3.56. The summed E-state index contributed by atoms with van der Waals surface area (Å²) in [5.41, 5.74) is 0.714. The van der Waals surface area contributed by atoms with E-state index in [-0.39, 0.29) is 12.1 Å². The minimum atomic E-state index is -0.826. The number of hydrogen-bond acceptors (Lipinski definition) is 3. The Labute approximate surface area is 123 Å². The molecule has 0 aliphatic rings. The van der Waals surface area contributed by atoms with Crippen LogP contribution < -0.4 is 5.32 Å². The maximum Gasteiger partial charge on any atom is 0.159 e. The first kappa shape index (κ1) is 15.7. The minimum absolute atomic E-state index is 0.0766. The van der Waals surface area contributed by atoms with Crippen molar-refractivity contribution < 1.29 is 13.2 Å². The predicted molar refractivity (Wildman–Crippen MR) is 77.9 cm³/mol. The van der Waals surface area contributed by atoms with E-state index in [0.717, 1.165) is 11.8 Å². The molecule has 1 aromatic carbocycles. The first-order valence-electron chi connectivity index (χ1n) is 6.87. The zero-order valence-electron chi connectivity index (χ0n) is 12.4. The number of hydrogen-bond donors (Lipinski definition) is 1. The molecule has 2 aromatic rings. The normalized spacial score (nSPS) is 14.4. The summed E-state index contributed by atoms with van der Waals surface area (Å²) < 4.78 is 31.7. The molecule has 2 rings (SSSR count). The highest BCUT2D eigenvalue weighted by molar-refractivity contribution is 5.21. The van der Waals surface area contributed by atoms with E-state index in [0.29, 0.717) is 12.1 Å². The molecular weight excluding hydrogens is 274 g/mol. The molecule has 0 aliphatic carbocycles. The number of rotatable bonds is 6. The second-order valence-corrected chi connectivity index (χ2v) is 5.30. The van der Waals surface area contributed by atoms with Crippen LogP contribution in [0.1, 0.15) is 30.3 Å². The van der Waals surface area contributed by atoms with Crippen LogP contribution in [0.4, 0.5) is 8.78 Å². The van der Waals surface area contributed by atoms with E-state index in [1.807, 2.05) is 38.1 Å². The molecule has 2 atom stereocenters.